The third-order valence-corrected chi connectivity index (χ3v) is 3.40. The van der Waals surface area contributed by atoms with Gasteiger partial charge in [-0.05, 0) is 26.8 Å². The second-order valence-corrected chi connectivity index (χ2v) is 5.39. The highest BCUT2D eigenvalue weighted by Gasteiger charge is 2.35. The summed E-state index contributed by atoms with van der Waals surface area (Å²) in [6.07, 6.45) is 4.94. The molecule has 1 unspecified atom stereocenters. The van der Waals surface area contributed by atoms with Crippen molar-refractivity contribution in [1.82, 2.24) is 14.8 Å². The van der Waals surface area contributed by atoms with Crippen LogP contribution in [-0.2, 0) is 9.53 Å². The van der Waals surface area contributed by atoms with Crippen LogP contribution in [0.2, 0.25) is 0 Å². The predicted molar refractivity (Wildman–Crippen MR) is 78.7 cm³/mol. The highest BCUT2D eigenvalue weighted by atomic mass is 16.5. The molecule has 2 aromatic heterocycles. The molecule has 0 fully saturated rings. The van der Waals surface area contributed by atoms with E-state index < -0.39 is 0 Å². The van der Waals surface area contributed by atoms with Crippen molar-refractivity contribution in [2.45, 2.75) is 32.9 Å². The Hall–Kier alpha value is -2.70. The van der Waals surface area contributed by atoms with E-state index in [1.54, 1.807) is 4.68 Å². The topological polar surface area (TPSA) is 83.2 Å². The summed E-state index contributed by atoms with van der Waals surface area (Å²) >= 11 is 0. The van der Waals surface area contributed by atoms with Gasteiger partial charge in [-0.1, -0.05) is 0 Å². The molecule has 0 aromatic carbocycles. The van der Waals surface area contributed by atoms with Gasteiger partial charge in [-0.3, -0.25) is 0 Å². The predicted octanol–water partition coefficient (Wildman–Crippen LogP) is 1.33. The quantitative estimate of drug-likeness (QED) is 0.865. The number of esters is 1. The number of nitrogens with zero attached hydrogens (tertiary/aromatic N) is 3. The summed E-state index contributed by atoms with van der Waals surface area (Å²) in [6, 6.07) is 3.45. The lowest BCUT2D eigenvalue weighted by Crippen LogP contribution is -2.31. The molecule has 1 atom stereocenters. The SMILES string of the molecule is CC1=C(C(=O)OC(C)C)C(c2ccc[nH+]c2)n2ncnc2N1. The van der Waals surface area contributed by atoms with Gasteiger partial charge in [0.15, 0.2) is 12.4 Å². The Morgan fingerprint density at radius 3 is 3.00 bits per heavy atom. The van der Waals surface area contributed by atoms with Gasteiger partial charge < -0.3 is 10.1 Å². The van der Waals surface area contributed by atoms with Crippen molar-refractivity contribution in [1.29, 1.82) is 0 Å². The van der Waals surface area contributed by atoms with Crippen LogP contribution in [0.25, 0.3) is 0 Å². The van der Waals surface area contributed by atoms with Crippen molar-refractivity contribution in [2.75, 3.05) is 5.32 Å². The van der Waals surface area contributed by atoms with Crippen molar-refractivity contribution in [3.05, 3.63) is 47.7 Å². The van der Waals surface area contributed by atoms with E-state index in [0.717, 1.165) is 11.3 Å². The van der Waals surface area contributed by atoms with Crippen LogP contribution in [0.5, 0.6) is 0 Å². The van der Waals surface area contributed by atoms with Crippen molar-refractivity contribution in [3.63, 3.8) is 0 Å². The second kappa shape index (κ2) is 5.59. The van der Waals surface area contributed by atoms with Crippen molar-refractivity contribution < 1.29 is 14.5 Å². The monoisotopic (exact) mass is 300 g/mol. The van der Waals surface area contributed by atoms with Gasteiger partial charge in [-0.2, -0.15) is 10.1 Å². The number of fused-ring (bicyclic) bond motifs is 1. The van der Waals surface area contributed by atoms with Crippen LogP contribution in [-0.4, -0.2) is 26.8 Å². The lowest BCUT2D eigenvalue weighted by molar-refractivity contribution is -0.378. The first-order valence-electron chi connectivity index (χ1n) is 7.12. The first-order chi connectivity index (χ1) is 10.6. The standard InChI is InChI=1S/C15H17N5O2/c1-9(2)22-14(21)12-10(3)19-15-17-8-18-20(15)13(12)11-5-4-6-16-7-11/h4-9,13H,1-3H3,(H,17,18,19)/p+1. The molecule has 3 rings (SSSR count). The van der Waals surface area contributed by atoms with E-state index in [-0.39, 0.29) is 18.1 Å². The number of aromatic nitrogens is 4. The van der Waals surface area contributed by atoms with Crippen LogP contribution in [0.3, 0.4) is 0 Å². The van der Waals surface area contributed by atoms with Crippen LogP contribution < -0.4 is 10.3 Å². The molecule has 0 amide bonds. The molecule has 0 radical (unpaired) electrons. The zero-order valence-corrected chi connectivity index (χ0v) is 12.7. The molecule has 7 heteroatoms. The Morgan fingerprint density at radius 2 is 2.32 bits per heavy atom. The number of hydrogen-bond donors (Lipinski definition) is 1. The molecule has 0 spiro atoms. The summed E-state index contributed by atoms with van der Waals surface area (Å²) in [5.41, 5.74) is 2.16. The summed E-state index contributed by atoms with van der Waals surface area (Å²) in [6.45, 7) is 5.50. The zero-order chi connectivity index (χ0) is 15.7. The molecule has 7 nitrogen and oxygen atoms in total. The summed E-state index contributed by atoms with van der Waals surface area (Å²) in [5, 5.41) is 7.35. The van der Waals surface area contributed by atoms with E-state index in [0.29, 0.717) is 11.5 Å². The number of carbonyl (C=O) groups excluding carboxylic acids is 1. The van der Waals surface area contributed by atoms with E-state index >= 15 is 0 Å². The highest BCUT2D eigenvalue weighted by molar-refractivity contribution is 5.92. The Morgan fingerprint density at radius 1 is 1.50 bits per heavy atom. The van der Waals surface area contributed by atoms with Crippen LogP contribution >= 0.6 is 0 Å². The summed E-state index contributed by atoms with van der Waals surface area (Å²) in [5.74, 6) is 0.252. The maximum Gasteiger partial charge on any atom is 0.338 e. The van der Waals surface area contributed by atoms with Crippen molar-refractivity contribution >= 4 is 11.9 Å². The summed E-state index contributed by atoms with van der Waals surface area (Å²) in [7, 11) is 0. The minimum Gasteiger partial charge on any atom is -0.459 e. The second-order valence-electron chi connectivity index (χ2n) is 5.39. The Kier molecular flexibility index (Phi) is 3.62. The van der Waals surface area contributed by atoms with Gasteiger partial charge >= 0.3 is 5.97 Å². The van der Waals surface area contributed by atoms with Gasteiger partial charge in [-0.25, -0.2) is 14.5 Å². The molecule has 0 saturated carbocycles. The lowest BCUT2D eigenvalue weighted by Gasteiger charge is -2.27. The third-order valence-electron chi connectivity index (χ3n) is 3.40. The number of aromatic amines is 1. The van der Waals surface area contributed by atoms with Crippen molar-refractivity contribution in [2.24, 2.45) is 0 Å². The molecule has 0 bridgehead atoms. The number of hydrogen-bond acceptors (Lipinski definition) is 5. The summed E-state index contributed by atoms with van der Waals surface area (Å²) < 4.78 is 7.08. The van der Waals surface area contributed by atoms with E-state index in [1.165, 1.54) is 6.33 Å². The number of allylic oxidation sites excluding steroid dienone is 1. The van der Waals surface area contributed by atoms with Gasteiger partial charge in [0, 0.05) is 17.3 Å². The molecule has 1 aliphatic rings. The molecule has 2 aromatic rings. The molecule has 0 saturated heterocycles. The number of anilines is 1. The van der Waals surface area contributed by atoms with Crippen LogP contribution in [0.1, 0.15) is 32.4 Å². The minimum atomic E-state index is -0.373. The number of nitrogens with one attached hydrogen (secondary N) is 2. The molecule has 0 aliphatic carbocycles. The average molecular weight is 300 g/mol. The van der Waals surface area contributed by atoms with Crippen LogP contribution in [0.15, 0.2) is 42.1 Å². The van der Waals surface area contributed by atoms with Crippen LogP contribution in [0.4, 0.5) is 5.95 Å². The average Bonchev–Trinajstić information content (AvgIpc) is 2.93. The minimum absolute atomic E-state index is 0.187. The number of carbonyl (C=O) groups is 1. The number of ether oxygens (including phenoxy) is 1. The molecular formula is C15H18N5O2+. The fraction of sp³-hybridized carbons (Fsp3) is 0.333. The van der Waals surface area contributed by atoms with Crippen LogP contribution in [0, 0.1) is 0 Å². The maximum atomic E-state index is 12.5. The molecule has 22 heavy (non-hydrogen) atoms. The normalized spacial score (nSPS) is 17.2. The summed E-state index contributed by atoms with van der Waals surface area (Å²) in [4.78, 5) is 19.8. The Balaban J connectivity index is 2.10. The molecular weight excluding hydrogens is 282 g/mol. The molecule has 1 aliphatic heterocycles. The van der Waals surface area contributed by atoms with Gasteiger partial charge in [0.25, 0.3) is 0 Å². The smallest absolute Gasteiger partial charge is 0.338 e. The number of H-pyrrole nitrogens is 1. The Bertz CT molecular complexity index is 721. The van der Waals surface area contributed by atoms with E-state index in [9.17, 15) is 4.79 Å². The molecule has 2 N–H and O–H groups in total. The number of rotatable bonds is 3. The fourth-order valence-electron chi connectivity index (χ4n) is 2.52. The van der Waals surface area contributed by atoms with Gasteiger partial charge in [0.2, 0.25) is 5.95 Å². The highest BCUT2D eigenvalue weighted by Crippen LogP contribution is 2.34. The molecule has 3 heterocycles. The fourth-order valence-corrected chi connectivity index (χ4v) is 2.52. The van der Waals surface area contributed by atoms with E-state index in [2.05, 4.69) is 20.4 Å². The largest absolute Gasteiger partial charge is 0.459 e. The van der Waals surface area contributed by atoms with Gasteiger partial charge in [0.05, 0.1) is 11.7 Å². The maximum absolute atomic E-state index is 12.5. The van der Waals surface area contributed by atoms with E-state index in [1.807, 2.05) is 45.3 Å². The van der Waals surface area contributed by atoms with E-state index in [4.69, 9.17) is 4.74 Å². The van der Waals surface area contributed by atoms with Gasteiger partial charge in [-0.15, -0.1) is 0 Å². The first-order valence-corrected chi connectivity index (χ1v) is 7.12. The Labute approximate surface area is 128 Å². The zero-order valence-electron chi connectivity index (χ0n) is 12.7. The third kappa shape index (κ3) is 2.45. The van der Waals surface area contributed by atoms with Crippen molar-refractivity contribution in [3.8, 4) is 0 Å². The lowest BCUT2D eigenvalue weighted by atomic mass is 9.97. The van der Waals surface area contributed by atoms with Gasteiger partial charge in [0.1, 0.15) is 12.4 Å². The number of pyridine rings is 1. The first kappa shape index (κ1) is 14.2. The molecule has 114 valence electrons.